The van der Waals surface area contributed by atoms with Crippen LogP contribution in [-0.4, -0.2) is 48.6 Å². The lowest BCUT2D eigenvalue weighted by Gasteiger charge is -2.24. The van der Waals surface area contributed by atoms with Crippen molar-refractivity contribution in [2.75, 3.05) is 37.7 Å². The molecule has 1 amide bonds. The summed E-state index contributed by atoms with van der Waals surface area (Å²) in [6, 6.07) is 9.10. The van der Waals surface area contributed by atoms with E-state index in [0.717, 1.165) is 55.5 Å². The van der Waals surface area contributed by atoms with E-state index in [2.05, 4.69) is 30.7 Å². The molecule has 33 heavy (non-hydrogen) atoms. The molecule has 0 radical (unpaired) electrons. The minimum absolute atomic E-state index is 0.0767. The number of likely N-dealkylation sites (N-methyl/N-ethyl adjacent to an activating group) is 1. The van der Waals surface area contributed by atoms with Gasteiger partial charge in [0.05, 0.1) is 11.3 Å². The molecule has 0 saturated carbocycles. The van der Waals surface area contributed by atoms with Gasteiger partial charge < -0.3 is 9.64 Å². The number of thiazole rings is 1. The highest BCUT2D eigenvalue weighted by Gasteiger charge is 2.23. The van der Waals surface area contributed by atoms with Gasteiger partial charge >= 0.3 is 0 Å². The number of unbranched alkanes of at least 4 members (excludes halogenated alkanes) is 2. The van der Waals surface area contributed by atoms with Crippen LogP contribution in [0.2, 0.25) is 0 Å². The number of rotatable bonds is 12. The van der Waals surface area contributed by atoms with Crippen molar-refractivity contribution in [3.8, 4) is 5.75 Å². The van der Waals surface area contributed by atoms with Crippen molar-refractivity contribution in [1.29, 1.82) is 0 Å². The Balaban J connectivity index is 1.84. The molecule has 5 nitrogen and oxygen atoms in total. The second kappa shape index (κ2) is 12.0. The number of ether oxygens (including phenoxy) is 1. The van der Waals surface area contributed by atoms with Crippen molar-refractivity contribution in [1.82, 2.24) is 9.88 Å². The van der Waals surface area contributed by atoms with Crippen LogP contribution in [0.4, 0.5) is 13.9 Å². The average molecular weight is 476 g/mol. The normalized spacial score (nSPS) is 11.3. The number of amides is 1. The number of fused-ring (bicyclic) bond motifs is 1. The smallest absolute Gasteiger partial charge is 0.260 e. The molecule has 0 aliphatic carbocycles. The first-order valence-electron chi connectivity index (χ1n) is 11.5. The van der Waals surface area contributed by atoms with Crippen LogP contribution >= 0.6 is 11.3 Å². The van der Waals surface area contributed by atoms with Crippen LogP contribution in [0, 0.1) is 11.6 Å². The minimum atomic E-state index is -0.729. The van der Waals surface area contributed by atoms with E-state index in [0.29, 0.717) is 35.1 Å². The molecule has 0 aliphatic heterocycles. The number of carbonyl (C=O) groups excluding carboxylic acids is 1. The van der Waals surface area contributed by atoms with Crippen LogP contribution in [0.5, 0.6) is 5.75 Å². The first kappa shape index (κ1) is 25.1. The SMILES string of the molecule is CCCCCOc1ccc(C(=O)N(CCN(CC)CC)c2nc3c(F)cc(F)cc3s2)cc1. The summed E-state index contributed by atoms with van der Waals surface area (Å²) in [7, 11) is 0. The predicted molar refractivity (Wildman–Crippen MR) is 130 cm³/mol. The zero-order chi connectivity index (χ0) is 23.8. The Morgan fingerprint density at radius 3 is 2.42 bits per heavy atom. The molecule has 0 spiro atoms. The van der Waals surface area contributed by atoms with E-state index in [1.54, 1.807) is 29.2 Å². The van der Waals surface area contributed by atoms with Gasteiger partial charge in [0.2, 0.25) is 0 Å². The summed E-state index contributed by atoms with van der Waals surface area (Å²) >= 11 is 1.11. The Morgan fingerprint density at radius 1 is 1.03 bits per heavy atom. The summed E-state index contributed by atoms with van der Waals surface area (Å²) < 4.78 is 34.0. The Hall–Kier alpha value is -2.58. The number of carbonyl (C=O) groups is 1. The number of halogens is 2. The number of benzene rings is 2. The molecular weight excluding hydrogens is 444 g/mol. The highest BCUT2D eigenvalue weighted by Crippen LogP contribution is 2.32. The van der Waals surface area contributed by atoms with Crippen molar-refractivity contribution in [2.45, 2.75) is 40.0 Å². The Labute approximate surface area is 198 Å². The maximum atomic E-state index is 14.2. The minimum Gasteiger partial charge on any atom is -0.494 e. The number of anilines is 1. The lowest BCUT2D eigenvalue weighted by Crippen LogP contribution is -2.38. The van der Waals surface area contributed by atoms with E-state index < -0.39 is 11.6 Å². The Kier molecular flexibility index (Phi) is 9.14. The van der Waals surface area contributed by atoms with Crippen LogP contribution in [-0.2, 0) is 0 Å². The quantitative estimate of drug-likeness (QED) is 0.296. The molecule has 8 heteroatoms. The molecule has 2 aromatic carbocycles. The largest absolute Gasteiger partial charge is 0.494 e. The third-order valence-electron chi connectivity index (χ3n) is 5.53. The van der Waals surface area contributed by atoms with E-state index in [-0.39, 0.29) is 11.4 Å². The summed E-state index contributed by atoms with van der Waals surface area (Å²) in [5.74, 6) is -0.909. The van der Waals surface area contributed by atoms with Crippen molar-refractivity contribution in [3.05, 3.63) is 53.6 Å². The van der Waals surface area contributed by atoms with E-state index in [1.165, 1.54) is 6.07 Å². The molecule has 0 saturated heterocycles. The number of nitrogens with zero attached hydrogens (tertiary/aromatic N) is 3. The fraction of sp³-hybridized carbons (Fsp3) is 0.440. The maximum Gasteiger partial charge on any atom is 0.260 e. The Bertz CT molecular complexity index is 1050. The maximum absolute atomic E-state index is 14.2. The van der Waals surface area contributed by atoms with Crippen molar-refractivity contribution in [3.63, 3.8) is 0 Å². The molecule has 1 heterocycles. The monoisotopic (exact) mass is 475 g/mol. The van der Waals surface area contributed by atoms with Gasteiger partial charge in [-0.1, -0.05) is 44.9 Å². The van der Waals surface area contributed by atoms with Crippen LogP contribution < -0.4 is 9.64 Å². The number of hydrogen-bond donors (Lipinski definition) is 0. The first-order valence-corrected chi connectivity index (χ1v) is 12.3. The summed E-state index contributed by atoms with van der Waals surface area (Å²) in [6.07, 6.45) is 3.23. The molecule has 3 aromatic rings. The van der Waals surface area contributed by atoms with E-state index >= 15 is 0 Å². The number of hydrogen-bond acceptors (Lipinski definition) is 5. The molecule has 0 N–H and O–H groups in total. The lowest BCUT2D eigenvalue weighted by atomic mass is 10.2. The van der Waals surface area contributed by atoms with Crippen LogP contribution in [0.15, 0.2) is 36.4 Å². The van der Waals surface area contributed by atoms with E-state index in [1.807, 2.05) is 0 Å². The average Bonchev–Trinajstić information content (AvgIpc) is 3.24. The van der Waals surface area contributed by atoms with Crippen molar-refractivity contribution in [2.24, 2.45) is 0 Å². The summed E-state index contributed by atoms with van der Waals surface area (Å²) in [5, 5.41) is 0.353. The second-order valence-electron chi connectivity index (χ2n) is 7.79. The molecular formula is C25H31F2N3O2S. The van der Waals surface area contributed by atoms with Gasteiger partial charge in [0.1, 0.15) is 17.1 Å². The van der Waals surface area contributed by atoms with Gasteiger partial charge in [0, 0.05) is 24.7 Å². The molecule has 0 unspecified atom stereocenters. The van der Waals surface area contributed by atoms with Crippen LogP contribution in [0.1, 0.15) is 50.4 Å². The standard InChI is InChI=1S/C25H31F2N3O2S/c1-4-7-8-15-32-20-11-9-18(10-12-20)24(31)30(14-13-29(5-2)6-3)25-28-23-21(27)16-19(26)17-22(23)33-25/h9-12,16-17H,4-8,13-15H2,1-3H3. The molecule has 1 aromatic heterocycles. The van der Waals surface area contributed by atoms with Gasteiger partial charge in [-0.05, 0) is 49.8 Å². The zero-order valence-electron chi connectivity index (χ0n) is 19.4. The molecule has 0 atom stereocenters. The van der Waals surface area contributed by atoms with Crippen LogP contribution in [0.3, 0.4) is 0 Å². The molecule has 3 rings (SSSR count). The van der Waals surface area contributed by atoms with Crippen molar-refractivity contribution >= 4 is 32.6 Å². The molecule has 0 fully saturated rings. The summed E-state index contributed by atoms with van der Waals surface area (Å²) in [4.78, 5) is 21.5. The van der Waals surface area contributed by atoms with Crippen LogP contribution in [0.25, 0.3) is 10.2 Å². The molecule has 178 valence electrons. The lowest BCUT2D eigenvalue weighted by molar-refractivity contribution is 0.0983. The third kappa shape index (κ3) is 6.48. The first-order chi connectivity index (χ1) is 16.0. The van der Waals surface area contributed by atoms with Gasteiger partial charge in [-0.25, -0.2) is 13.8 Å². The van der Waals surface area contributed by atoms with E-state index in [4.69, 9.17) is 4.74 Å². The fourth-order valence-electron chi connectivity index (χ4n) is 3.52. The fourth-order valence-corrected chi connectivity index (χ4v) is 4.55. The van der Waals surface area contributed by atoms with Gasteiger partial charge in [0.15, 0.2) is 10.9 Å². The predicted octanol–water partition coefficient (Wildman–Crippen LogP) is 6.13. The topological polar surface area (TPSA) is 45.7 Å². The zero-order valence-corrected chi connectivity index (χ0v) is 20.3. The Morgan fingerprint density at radius 2 is 1.76 bits per heavy atom. The van der Waals surface area contributed by atoms with Gasteiger partial charge in [-0.3, -0.25) is 9.69 Å². The highest BCUT2D eigenvalue weighted by molar-refractivity contribution is 7.22. The van der Waals surface area contributed by atoms with Gasteiger partial charge in [0.25, 0.3) is 5.91 Å². The van der Waals surface area contributed by atoms with Crippen molar-refractivity contribution < 1.29 is 18.3 Å². The third-order valence-corrected chi connectivity index (χ3v) is 6.56. The molecule has 0 aliphatic rings. The second-order valence-corrected chi connectivity index (χ2v) is 8.80. The molecule has 0 bridgehead atoms. The highest BCUT2D eigenvalue weighted by atomic mass is 32.1. The van der Waals surface area contributed by atoms with Gasteiger partial charge in [-0.15, -0.1) is 0 Å². The summed E-state index contributed by atoms with van der Waals surface area (Å²) in [5.41, 5.74) is 0.564. The van der Waals surface area contributed by atoms with Gasteiger partial charge in [-0.2, -0.15) is 0 Å². The number of aromatic nitrogens is 1. The summed E-state index contributed by atoms with van der Waals surface area (Å²) in [6.45, 7) is 9.64. The van der Waals surface area contributed by atoms with E-state index in [9.17, 15) is 13.6 Å².